The molecule has 1 unspecified atom stereocenters. The van der Waals surface area contributed by atoms with E-state index in [0.717, 1.165) is 11.8 Å². The molecule has 0 amide bonds. The Balaban J connectivity index is 2.07. The van der Waals surface area contributed by atoms with Crippen molar-refractivity contribution in [3.63, 3.8) is 0 Å². The third-order valence-corrected chi connectivity index (χ3v) is 2.41. The van der Waals surface area contributed by atoms with Gasteiger partial charge in [0.1, 0.15) is 0 Å². The van der Waals surface area contributed by atoms with Gasteiger partial charge in [-0.15, -0.1) is 0 Å². The van der Waals surface area contributed by atoms with E-state index in [2.05, 4.69) is 26.0 Å². The Morgan fingerprint density at radius 1 is 1.30 bits per heavy atom. The number of hydrogen-bond donors (Lipinski definition) is 0. The van der Waals surface area contributed by atoms with Gasteiger partial charge in [0.15, 0.2) is 0 Å². The number of rotatable bonds is 5. The van der Waals surface area contributed by atoms with Gasteiger partial charge in [-0.05, 0) is 18.3 Å². The van der Waals surface area contributed by atoms with Crippen molar-refractivity contribution in [3.05, 3.63) is 12.2 Å². The van der Waals surface area contributed by atoms with Gasteiger partial charge in [-0.1, -0.05) is 45.3 Å². The van der Waals surface area contributed by atoms with E-state index >= 15 is 0 Å². The van der Waals surface area contributed by atoms with Crippen molar-refractivity contribution >= 4 is 0 Å². The lowest BCUT2D eigenvalue weighted by molar-refractivity contribution is 0.421. The average Bonchev–Trinajstić information content (AvgIpc) is 2.73. The fourth-order valence-corrected chi connectivity index (χ4v) is 1.51. The second-order valence-corrected chi connectivity index (χ2v) is 3.27. The Hall–Kier alpha value is -0.260. The minimum atomic E-state index is 0.886. The third-order valence-electron chi connectivity index (χ3n) is 2.41. The predicted octanol–water partition coefficient (Wildman–Crippen LogP) is 3.39. The van der Waals surface area contributed by atoms with E-state index in [-0.39, 0.29) is 0 Å². The van der Waals surface area contributed by atoms with Gasteiger partial charge in [-0.2, -0.15) is 0 Å². The Labute approximate surface area is 64.3 Å². The fraction of sp³-hybridized carbons (Fsp3) is 0.800. The van der Waals surface area contributed by atoms with Gasteiger partial charge in [0.25, 0.3) is 0 Å². The molecule has 0 aliphatic heterocycles. The van der Waals surface area contributed by atoms with Crippen LogP contribution in [0.1, 0.15) is 39.5 Å². The lowest BCUT2D eigenvalue weighted by Gasteiger charge is -2.12. The van der Waals surface area contributed by atoms with Crippen LogP contribution in [0.5, 0.6) is 0 Å². The van der Waals surface area contributed by atoms with Crippen molar-refractivity contribution in [1.82, 2.24) is 0 Å². The molecule has 0 spiro atoms. The van der Waals surface area contributed by atoms with Gasteiger partial charge < -0.3 is 0 Å². The van der Waals surface area contributed by atoms with Crippen LogP contribution in [0.15, 0.2) is 12.2 Å². The maximum Gasteiger partial charge on any atom is -0.00249 e. The van der Waals surface area contributed by atoms with E-state index in [1.54, 1.807) is 0 Å². The van der Waals surface area contributed by atoms with E-state index in [4.69, 9.17) is 0 Å². The van der Waals surface area contributed by atoms with Crippen molar-refractivity contribution in [2.75, 3.05) is 0 Å². The summed E-state index contributed by atoms with van der Waals surface area (Å²) in [5.74, 6) is 1.86. The van der Waals surface area contributed by atoms with E-state index in [0.29, 0.717) is 0 Å². The van der Waals surface area contributed by atoms with Gasteiger partial charge >= 0.3 is 0 Å². The molecule has 0 radical (unpaired) electrons. The van der Waals surface area contributed by atoms with E-state index in [1.165, 1.54) is 25.7 Å². The smallest absolute Gasteiger partial charge is 0.00249 e. The molecular weight excluding hydrogens is 120 g/mol. The summed E-state index contributed by atoms with van der Waals surface area (Å²) in [5.41, 5.74) is 0. The van der Waals surface area contributed by atoms with Crippen LogP contribution in [0.4, 0.5) is 0 Å². The van der Waals surface area contributed by atoms with Crippen molar-refractivity contribution in [3.8, 4) is 0 Å². The zero-order valence-electron chi connectivity index (χ0n) is 7.14. The zero-order chi connectivity index (χ0) is 7.40. The molecule has 0 heterocycles. The first kappa shape index (κ1) is 7.84. The summed E-state index contributed by atoms with van der Waals surface area (Å²) in [4.78, 5) is 0. The van der Waals surface area contributed by atoms with Crippen LogP contribution >= 0.6 is 0 Å². The lowest BCUT2D eigenvalue weighted by Crippen LogP contribution is -2.01. The summed E-state index contributed by atoms with van der Waals surface area (Å²) in [6, 6.07) is 0. The van der Waals surface area contributed by atoms with Gasteiger partial charge in [0.05, 0.1) is 0 Å². The minimum Gasteiger partial charge on any atom is -0.0807 e. The summed E-state index contributed by atoms with van der Waals surface area (Å²) in [5, 5.41) is 0. The van der Waals surface area contributed by atoms with Gasteiger partial charge in [0.2, 0.25) is 0 Å². The summed E-state index contributed by atoms with van der Waals surface area (Å²) in [6.45, 7) is 4.58. The molecule has 0 aromatic carbocycles. The largest absolute Gasteiger partial charge is 0.0807 e. The highest BCUT2D eigenvalue weighted by molar-refractivity contribution is 5.15. The Kier molecular flexibility index (Phi) is 2.98. The molecule has 0 aromatic heterocycles. The van der Waals surface area contributed by atoms with Crippen molar-refractivity contribution < 1.29 is 0 Å². The molecule has 0 nitrogen and oxygen atoms in total. The van der Waals surface area contributed by atoms with Gasteiger partial charge in [0, 0.05) is 0 Å². The van der Waals surface area contributed by atoms with Crippen LogP contribution in [0.3, 0.4) is 0 Å². The molecule has 1 aliphatic carbocycles. The van der Waals surface area contributed by atoms with E-state index in [1.807, 2.05) is 0 Å². The quantitative estimate of drug-likeness (QED) is 0.511. The number of unbranched alkanes of at least 4 members (excludes halogenated alkanes) is 1. The first-order valence-electron chi connectivity index (χ1n) is 4.56. The number of hydrogen-bond acceptors (Lipinski definition) is 0. The summed E-state index contributed by atoms with van der Waals surface area (Å²) >= 11 is 0. The molecule has 10 heavy (non-hydrogen) atoms. The van der Waals surface area contributed by atoms with E-state index < -0.39 is 0 Å². The van der Waals surface area contributed by atoms with Crippen molar-refractivity contribution in [1.29, 1.82) is 0 Å². The molecular formula is C10H18. The molecule has 58 valence electrons. The standard InChI is InChI=1S/C10H18/c1-3-5-6-9(4-2)10-7-8-10/h7-10H,3-6H2,1-2H3. The SMILES string of the molecule is CCCCC(CC)C1C=C1. The van der Waals surface area contributed by atoms with Gasteiger partial charge in [-0.3, -0.25) is 0 Å². The molecule has 0 saturated carbocycles. The summed E-state index contributed by atoms with van der Waals surface area (Å²) < 4.78 is 0. The molecule has 0 saturated heterocycles. The van der Waals surface area contributed by atoms with E-state index in [9.17, 15) is 0 Å². The van der Waals surface area contributed by atoms with Crippen molar-refractivity contribution in [2.45, 2.75) is 39.5 Å². The van der Waals surface area contributed by atoms with Gasteiger partial charge in [-0.25, -0.2) is 0 Å². The molecule has 0 bridgehead atoms. The van der Waals surface area contributed by atoms with Crippen LogP contribution in [0.2, 0.25) is 0 Å². The topological polar surface area (TPSA) is 0 Å². The highest BCUT2D eigenvalue weighted by Gasteiger charge is 2.20. The molecule has 0 aromatic rings. The minimum absolute atomic E-state index is 0.886. The van der Waals surface area contributed by atoms with Crippen LogP contribution < -0.4 is 0 Å². The molecule has 1 rings (SSSR count). The lowest BCUT2D eigenvalue weighted by atomic mass is 9.93. The number of allylic oxidation sites excluding steroid dienone is 2. The maximum absolute atomic E-state index is 2.34. The Morgan fingerprint density at radius 2 is 2.00 bits per heavy atom. The zero-order valence-corrected chi connectivity index (χ0v) is 7.14. The molecule has 1 aliphatic rings. The normalized spacial score (nSPS) is 19.4. The second kappa shape index (κ2) is 3.80. The highest BCUT2D eigenvalue weighted by Crippen LogP contribution is 2.32. The maximum atomic E-state index is 2.34. The molecule has 0 heteroatoms. The Bertz CT molecular complexity index is 107. The van der Waals surface area contributed by atoms with Crippen LogP contribution in [-0.4, -0.2) is 0 Å². The average molecular weight is 138 g/mol. The molecule has 0 N–H and O–H groups in total. The van der Waals surface area contributed by atoms with Crippen LogP contribution in [0, 0.1) is 11.8 Å². The third kappa shape index (κ3) is 2.17. The highest BCUT2D eigenvalue weighted by atomic mass is 14.3. The van der Waals surface area contributed by atoms with Crippen LogP contribution in [0.25, 0.3) is 0 Å². The monoisotopic (exact) mass is 138 g/mol. The fourth-order valence-electron chi connectivity index (χ4n) is 1.51. The summed E-state index contributed by atoms with van der Waals surface area (Å²) in [6.07, 6.45) is 10.2. The van der Waals surface area contributed by atoms with Crippen molar-refractivity contribution in [2.24, 2.45) is 11.8 Å². The molecule has 0 fully saturated rings. The predicted molar refractivity (Wildman–Crippen MR) is 45.9 cm³/mol. The first-order chi connectivity index (χ1) is 4.88. The Morgan fingerprint density at radius 3 is 2.40 bits per heavy atom. The van der Waals surface area contributed by atoms with Crippen LogP contribution in [-0.2, 0) is 0 Å². The summed E-state index contributed by atoms with van der Waals surface area (Å²) in [7, 11) is 0. The first-order valence-corrected chi connectivity index (χ1v) is 4.56. The second-order valence-electron chi connectivity index (χ2n) is 3.27. The molecule has 1 atom stereocenters.